The summed E-state index contributed by atoms with van der Waals surface area (Å²) in [4.78, 5) is 14.4. The lowest BCUT2D eigenvalue weighted by Crippen LogP contribution is -2.32. The Morgan fingerprint density at radius 1 is 1.19 bits per heavy atom. The Labute approximate surface area is 131 Å². The van der Waals surface area contributed by atoms with E-state index in [1.54, 1.807) is 0 Å². The van der Waals surface area contributed by atoms with Crippen LogP contribution in [0.1, 0.15) is 30.1 Å². The second-order valence-corrected chi connectivity index (χ2v) is 5.36. The lowest BCUT2D eigenvalue weighted by Gasteiger charge is -2.21. The number of halogens is 1. The first-order valence-electron chi connectivity index (χ1n) is 7.35. The third-order valence-corrected chi connectivity index (χ3v) is 3.60. The minimum absolute atomic E-state index is 0.0802. The predicted octanol–water partition coefficient (Wildman–Crippen LogP) is 3.96. The maximum Gasteiger partial charge on any atom is 0.255 e. The van der Waals surface area contributed by atoms with Crippen LogP contribution in [0.2, 0.25) is 0 Å². The molecular formula is C17H21ClN2O. The zero-order chi connectivity index (χ0) is 15.1. The summed E-state index contributed by atoms with van der Waals surface area (Å²) in [6, 6.07) is 11.9. The van der Waals surface area contributed by atoms with Crippen molar-refractivity contribution in [3.63, 3.8) is 0 Å². The summed E-state index contributed by atoms with van der Waals surface area (Å²) in [5.41, 5.74) is 1.78. The molecule has 1 aromatic heterocycles. The highest BCUT2D eigenvalue weighted by molar-refractivity contribution is 6.17. The minimum Gasteiger partial charge on any atom is -0.339 e. The quantitative estimate of drug-likeness (QED) is 0.711. The summed E-state index contributed by atoms with van der Waals surface area (Å²) in [6.07, 6.45) is 5.59. The highest BCUT2D eigenvalue weighted by Gasteiger charge is 2.15. The average molecular weight is 305 g/mol. The third-order valence-electron chi connectivity index (χ3n) is 3.34. The van der Waals surface area contributed by atoms with Crippen molar-refractivity contribution in [2.24, 2.45) is 0 Å². The number of benzene rings is 1. The maximum absolute atomic E-state index is 12.6. The van der Waals surface area contributed by atoms with Gasteiger partial charge in [0.05, 0.1) is 5.56 Å². The van der Waals surface area contributed by atoms with E-state index >= 15 is 0 Å². The van der Waals surface area contributed by atoms with Crippen LogP contribution in [0.3, 0.4) is 0 Å². The minimum atomic E-state index is 0.0802. The van der Waals surface area contributed by atoms with Gasteiger partial charge in [-0.25, -0.2) is 0 Å². The van der Waals surface area contributed by atoms with E-state index < -0.39 is 0 Å². The predicted molar refractivity (Wildman–Crippen MR) is 87.3 cm³/mol. The van der Waals surface area contributed by atoms with Crippen LogP contribution in [-0.2, 0) is 0 Å². The first-order valence-corrected chi connectivity index (χ1v) is 7.88. The maximum atomic E-state index is 12.6. The topological polar surface area (TPSA) is 25.2 Å². The Hall–Kier alpha value is -1.74. The van der Waals surface area contributed by atoms with Crippen molar-refractivity contribution in [2.45, 2.75) is 19.8 Å². The van der Waals surface area contributed by atoms with Crippen molar-refractivity contribution in [3.8, 4) is 5.69 Å². The summed E-state index contributed by atoms with van der Waals surface area (Å²) in [7, 11) is 0. The number of hydrogen-bond acceptors (Lipinski definition) is 1. The van der Waals surface area contributed by atoms with Gasteiger partial charge in [-0.2, -0.15) is 0 Å². The van der Waals surface area contributed by atoms with Crippen molar-refractivity contribution in [1.82, 2.24) is 9.47 Å². The van der Waals surface area contributed by atoms with E-state index in [0.717, 1.165) is 30.6 Å². The molecular weight excluding hydrogens is 284 g/mol. The number of para-hydroxylation sites is 1. The molecule has 0 radical (unpaired) electrons. The molecule has 1 aromatic carbocycles. The van der Waals surface area contributed by atoms with Crippen LogP contribution < -0.4 is 0 Å². The molecule has 0 fully saturated rings. The number of amides is 1. The summed E-state index contributed by atoms with van der Waals surface area (Å²) in [5, 5.41) is 0. The van der Waals surface area contributed by atoms with Gasteiger partial charge in [-0.1, -0.05) is 25.1 Å². The second-order valence-electron chi connectivity index (χ2n) is 4.98. The van der Waals surface area contributed by atoms with Crippen molar-refractivity contribution in [3.05, 3.63) is 54.4 Å². The van der Waals surface area contributed by atoms with Crippen LogP contribution in [-0.4, -0.2) is 34.3 Å². The fourth-order valence-corrected chi connectivity index (χ4v) is 2.42. The number of nitrogens with zero attached hydrogens (tertiary/aromatic N) is 2. The van der Waals surface area contributed by atoms with E-state index in [1.165, 1.54) is 0 Å². The third kappa shape index (κ3) is 4.11. The summed E-state index contributed by atoms with van der Waals surface area (Å²) in [5.74, 6) is 0.662. The first kappa shape index (κ1) is 15.6. The summed E-state index contributed by atoms with van der Waals surface area (Å²) < 4.78 is 1.97. The molecule has 0 aliphatic carbocycles. The van der Waals surface area contributed by atoms with Crippen LogP contribution in [0, 0.1) is 0 Å². The number of hydrogen-bond donors (Lipinski definition) is 0. The van der Waals surface area contributed by atoms with E-state index in [4.69, 9.17) is 11.6 Å². The second kappa shape index (κ2) is 7.89. The van der Waals surface area contributed by atoms with Gasteiger partial charge in [-0.15, -0.1) is 11.6 Å². The van der Waals surface area contributed by atoms with E-state index in [9.17, 15) is 4.79 Å². The van der Waals surface area contributed by atoms with Crippen LogP contribution in [0.15, 0.2) is 48.8 Å². The largest absolute Gasteiger partial charge is 0.339 e. The monoisotopic (exact) mass is 304 g/mol. The van der Waals surface area contributed by atoms with Gasteiger partial charge in [0, 0.05) is 37.1 Å². The van der Waals surface area contributed by atoms with Gasteiger partial charge in [-0.3, -0.25) is 4.79 Å². The first-order chi connectivity index (χ1) is 10.3. The number of rotatable bonds is 7. The molecule has 1 heterocycles. The Morgan fingerprint density at radius 3 is 2.62 bits per heavy atom. The van der Waals surface area contributed by atoms with Crippen LogP contribution in [0.5, 0.6) is 0 Å². The average Bonchev–Trinajstić information content (AvgIpc) is 3.01. The molecule has 21 heavy (non-hydrogen) atoms. The normalized spacial score (nSPS) is 10.6. The number of carbonyl (C=O) groups excluding carboxylic acids is 1. The smallest absolute Gasteiger partial charge is 0.255 e. The van der Waals surface area contributed by atoms with Gasteiger partial charge < -0.3 is 9.47 Å². The molecule has 0 aliphatic rings. The summed E-state index contributed by atoms with van der Waals surface area (Å²) >= 11 is 5.74. The molecule has 0 N–H and O–H groups in total. The molecule has 3 nitrogen and oxygen atoms in total. The van der Waals surface area contributed by atoms with E-state index in [2.05, 4.69) is 6.92 Å². The van der Waals surface area contributed by atoms with Crippen LogP contribution in [0.25, 0.3) is 5.69 Å². The summed E-state index contributed by atoms with van der Waals surface area (Å²) in [6.45, 7) is 3.56. The van der Waals surface area contributed by atoms with Gasteiger partial charge in [0.1, 0.15) is 0 Å². The van der Waals surface area contributed by atoms with Crippen molar-refractivity contribution in [1.29, 1.82) is 0 Å². The van der Waals surface area contributed by atoms with Gasteiger partial charge in [0.15, 0.2) is 0 Å². The molecule has 0 unspecified atom stereocenters. The molecule has 4 heteroatoms. The number of alkyl halides is 1. The Morgan fingerprint density at radius 2 is 1.95 bits per heavy atom. The standard InChI is InChI=1S/C17H21ClN2O/c1-2-11-19(12-6-10-18)17(21)15-9-13-20(14-15)16-7-4-3-5-8-16/h3-5,7-9,13-14H,2,6,10-12H2,1H3. The lowest BCUT2D eigenvalue weighted by atomic mass is 10.2. The van der Waals surface area contributed by atoms with E-state index in [-0.39, 0.29) is 5.91 Å². The van der Waals surface area contributed by atoms with Gasteiger partial charge in [-0.05, 0) is 31.0 Å². The fourth-order valence-electron chi connectivity index (χ4n) is 2.30. The fraction of sp³-hybridized carbons (Fsp3) is 0.353. The van der Waals surface area contributed by atoms with Crippen LogP contribution >= 0.6 is 11.6 Å². The highest BCUT2D eigenvalue weighted by atomic mass is 35.5. The zero-order valence-corrected chi connectivity index (χ0v) is 13.1. The van der Waals surface area contributed by atoms with E-state index in [0.29, 0.717) is 12.4 Å². The molecule has 0 saturated carbocycles. The number of carbonyl (C=O) groups is 1. The van der Waals surface area contributed by atoms with E-state index in [1.807, 2.05) is 58.3 Å². The van der Waals surface area contributed by atoms with Crippen LogP contribution in [0.4, 0.5) is 0 Å². The van der Waals surface area contributed by atoms with Gasteiger partial charge in [0.2, 0.25) is 0 Å². The molecule has 0 spiro atoms. The molecule has 2 rings (SSSR count). The molecule has 1 amide bonds. The molecule has 0 saturated heterocycles. The Balaban J connectivity index is 2.13. The SMILES string of the molecule is CCCN(CCCCl)C(=O)c1ccn(-c2ccccc2)c1. The van der Waals surface area contributed by atoms with Gasteiger partial charge in [0.25, 0.3) is 5.91 Å². The van der Waals surface area contributed by atoms with Crippen molar-refractivity contribution < 1.29 is 4.79 Å². The Bertz CT molecular complexity index is 565. The van der Waals surface area contributed by atoms with Crippen molar-refractivity contribution >= 4 is 17.5 Å². The van der Waals surface area contributed by atoms with Crippen molar-refractivity contribution in [2.75, 3.05) is 19.0 Å². The molecule has 0 atom stereocenters. The molecule has 0 aliphatic heterocycles. The highest BCUT2D eigenvalue weighted by Crippen LogP contribution is 2.13. The molecule has 0 bridgehead atoms. The molecule has 112 valence electrons. The number of aromatic nitrogens is 1. The molecule has 2 aromatic rings. The van der Waals surface area contributed by atoms with Gasteiger partial charge >= 0.3 is 0 Å². The Kier molecular flexibility index (Phi) is 5.88. The zero-order valence-electron chi connectivity index (χ0n) is 12.3. The lowest BCUT2D eigenvalue weighted by molar-refractivity contribution is 0.0756.